The molecule has 11 heteroatoms. The van der Waals surface area contributed by atoms with Crippen LogP contribution in [0.4, 0.5) is 17.6 Å². The van der Waals surface area contributed by atoms with Crippen molar-refractivity contribution in [3.05, 3.63) is 71.8 Å². The van der Waals surface area contributed by atoms with Gasteiger partial charge in [0.1, 0.15) is 23.5 Å². The van der Waals surface area contributed by atoms with Crippen LogP contribution in [0.2, 0.25) is 0 Å². The van der Waals surface area contributed by atoms with Gasteiger partial charge in [-0.05, 0) is 12.1 Å². The first-order valence-electron chi connectivity index (χ1n) is 11.9. The Bertz CT molecular complexity index is 1450. The molecular formula is C26H22F4N4O3. The fourth-order valence-corrected chi connectivity index (χ4v) is 5.18. The van der Waals surface area contributed by atoms with Crippen LogP contribution in [0, 0.1) is 5.82 Å². The minimum absolute atomic E-state index is 0.0102. The Morgan fingerprint density at radius 1 is 1.11 bits per heavy atom. The second kappa shape index (κ2) is 9.07. The monoisotopic (exact) mass is 514 g/mol. The van der Waals surface area contributed by atoms with E-state index in [1.54, 1.807) is 28.8 Å². The summed E-state index contributed by atoms with van der Waals surface area (Å²) in [5.74, 6) is -0.267. The quantitative estimate of drug-likeness (QED) is 0.367. The van der Waals surface area contributed by atoms with E-state index in [2.05, 4.69) is 15.0 Å². The van der Waals surface area contributed by atoms with Crippen LogP contribution in [-0.2, 0) is 10.4 Å². The normalized spacial score (nSPS) is 20.9. The first kappa shape index (κ1) is 23.8. The number of hydrogen-bond donors (Lipinski definition) is 1. The average molecular weight is 514 g/mol. The summed E-state index contributed by atoms with van der Waals surface area (Å²) in [5.41, 5.74) is 0.0562. The molecule has 0 amide bonds. The van der Waals surface area contributed by atoms with Crippen molar-refractivity contribution >= 4 is 11.0 Å². The molecule has 7 nitrogen and oxygen atoms in total. The summed E-state index contributed by atoms with van der Waals surface area (Å²) >= 11 is 0. The van der Waals surface area contributed by atoms with E-state index in [0.29, 0.717) is 28.0 Å². The lowest BCUT2D eigenvalue weighted by molar-refractivity contribution is -0.0507. The SMILES string of the molecule is OC1CC(c2ccccc2OC(F)F)n2c1nc1cc(F)c(-c3cnc(C4(F)CCOCC4)nc3)cc12. The molecule has 192 valence electrons. The van der Waals surface area contributed by atoms with Crippen molar-refractivity contribution in [3.8, 4) is 16.9 Å². The largest absolute Gasteiger partial charge is 0.434 e. The summed E-state index contributed by atoms with van der Waals surface area (Å²) < 4.78 is 68.1. The minimum Gasteiger partial charge on any atom is -0.434 e. The van der Waals surface area contributed by atoms with Gasteiger partial charge in [0.25, 0.3) is 0 Å². The number of aliphatic hydroxyl groups excluding tert-OH is 1. The van der Waals surface area contributed by atoms with Crippen molar-refractivity contribution in [1.82, 2.24) is 19.5 Å². The third-order valence-electron chi connectivity index (χ3n) is 7.00. The van der Waals surface area contributed by atoms with Gasteiger partial charge in [0.05, 0.1) is 30.3 Å². The smallest absolute Gasteiger partial charge is 0.387 e. The molecule has 2 aromatic carbocycles. The minimum atomic E-state index is -3.01. The zero-order chi connectivity index (χ0) is 25.7. The van der Waals surface area contributed by atoms with Gasteiger partial charge in [-0.1, -0.05) is 18.2 Å². The number of nitrogens with zero attached hydrogens (tertiary/aromatic N) is 4. The van der Waals surface area contributed by atoms with Gasteiger partial charge in [0.2, 0.25) is 0 Å². The van der Waals surface area contributed by atoms with Crippen molar-refractivity contribution in [2.24, 2.45) is 0 Å². The Morgan fingerprint density at radius 3 is 2.57 bits per heavy atom. The van der Waals surface area contributed by atoms with E-state index in [1.165, 1.54) is 24.5 Å². The van der Waals surface area contributed by atoms with Crippen LogP contribution >= 0.6 is 0 Å². The van der Waals surface area contributed by atoms with Gasteiger partial charge in [0.15, 0.2) is 11.5 Å². The Balaban J connectivity index is 1.42. The van der Waals surface area contributed by atoms with E-state index >= 15 is 8.78 Å². The second-order valence-electron chi connectivity index (χ2n) is 9.22. The Kier molecular flexibility index (Phi) is 5.84. The van der Waals surface area contributed by atoms with Crippen LogP contribution in [0.5, 0.6) is 5.75 Å². The molecule has 4 aromatic rings. The fraction of sp³-hybridized carbons (Fsp3) is 0.346. The third kappa shape index (κ3) is 4.11. The lowest BCUT2D eigenvalue weighted by Crippen LogP contribution is -2.31. The lowest BCUT2D eigenvalue weighted by atomic mass is 9.95. The highest BCUT2D eigenvalue weighted by atomic mass is 19.3. The van der Waals surface area contributed by atoms with Gasteiger partial charge >= 0.3 is 6.61 Å². The van der Waals surface area contributed by atoms with Gasteiger partial charge in [0, 0.05) is 54.4 Å². The Morgan fingerprint density at radius 2 is 1.84 bits per heavy atom. The molecule has 2 aliphatic rings. The van der Waals surface area contributed by atoms with Crippen LogP contribution < -0.4 is 4.74 Å². The highest BCUT2D eigenvalue weighted by Gasteiger charge is 2.38. The lowest BCUT2D eigenvalue weighted by Gasteiger charge is -2.27. The number of aromatic nitrogens is 4. The number of halogens is 4. The van der Waals surface area contributed by atoms with Crippen LogP contribution in [0.25, 0.3) is 22.2 Å². The number of hydrogen-bond acceptors (Lipinski definition) is 6. The molecule has 1 saturated heterocycles. The van der Waals surface area contributed by atoms with Gasteiger partial charge in [-0.3, -0.25) is 0 Å². The summed E-state index contributed by atoms with van der Waals surface area (Å²) in [6.07, 6.45) is 2.26. The summed E-state index contributed by atoms with van der Waals surface area (Å²) in [4.78, 5) is 12.8. The number of aliphatic hydroxyl groups is 1. The highest BCUT2D eigenvalue weighted by Crippen LogP contribution is 2.45. The maximum atomic E-state index is 15.2. The topological polar surface area (TPSA) is 82.3 Å². The molecule has 0 spiro atoms. The van der Waals surface area contributed by atoms with Crippen LogP contribution in [0.15, 0.2) is 48.8 Å². The third-order valence-corrected chi connectivity index (χ3v) is 7.00. The standard InChI is InChI=1S/C26H22F4N4O3/c27-17-10-18-20(9-16(17)14-12-31-24(32-13-14)26(30)5-7-36-8-6-26)34-19(11-21(35)23(34)33-18)15-3-1-2-4-22(15)37-25(28)29/h1-4,9-10,12-13,19,21,25,35H,5-8,11H2. The van der Waals surface area contributed by atoms with E-state index in [1.807, 2.05) is 0 Å². The van der Waals surface area contributed by atoms with Crippen molar-refractivity contribution in [2.45, 2.75) is 43.7 Å². The molecule has 1 N–H and O–H groups in total. The first-order valence-corrected chi connectivity index (χ1v) is 11.9. The molecule has 2 aliphatic heterocycles. The highest BCUT2D eigenvalue weighted by molar-refractivity contribution is 5.83. The number of para-hydroxylation sites is 1. The molecule has 1 fully saturated rings. The van der Waals surface area contributed by atoms with E-state index in [0.717, 1.165) is 0 Å². The number of fused-ring (bicyclic) bond motifs is 3. The molecule has 2 unspecified atom stereocenters. The van der Waals surface area contributed by atoms with E-state index < -0.39 is 30.2 Å². The average Bonchev–Trinajstić information content (AvgIpc) is 3.41. The summed E-state index contributed by atoms with van der Waals surface area (Å²) in [6, 6.07) is 8.59. The van der Waals surface area contributed by atoms with Gasteiger partial charge in [-0.25, -0.2) is 23.7 Å². The fourth-order valence-electron chi connectivity index (χ4n) is 5.18. The molecule has 0 bridgehead atoms. The van der Waals surface area contributed by atoms with Crippen molar-refractivity contribution < 1.29 is 32.1 Å². The summed E-state index contributed by atoms with van der Waals surface area (Å²) in [5, 5.41) is 10.7. The van der Waals surface area contributed by atoms with Gasteiger partial charge in [-0.15, -0.1) is 0 Å². The molecule has 2 atom stereocenters. The van der Waals surface area contributed by atoms with Gasteiger partial charge < -0.3 is 19.1 Å². The van der Waals surface area contributed by atoms with Crippen LogP contribution in [0.1, 0.15) is 48.6 Å². The zero-order valence-electron chi connectivity index (χ0n) is 19.5. The molecule has 6 rings (SSSR count). The number of benzene rings is 2. The molecule has 0 aliphatic carbocycles. The number of rotatable bonds is 5. The summed E-state index contributed by atoms with van der Waals surface area (Å²) in [6.45, 7) is -2.46. The molecule has 0 radical (unpaired) electrons. The van der Waals surface area contributed by atoms with E-state index in [4.69, 9.17) is 9.47 Å². The predicted octanol–water partition coefficient (Wildman–Crippen LogP) is 5.24. The maximum absolute atomic E-state index is 15.2. The molecule has 0 saturated carbocycles. The molecule has 4 heterocycles. The maximum Gasteiger partial charge on any atom is 0.387 e. The van der Waals surface area contributed by atoms with E-state index in [9.17, 15) is 13.9 Å². The molecule has 37 heavy (non-hydrogen) atoms. The first-order chi connectivity index (χ1) is 17.8. The van der Waals surface area contributed by atoms with Crippen molar-refractivity contribution in [3.63, 3.8) is 0 Å². The predicted molar refractivity (Wildman–Crippen MR) is 124 cm³/mol. The number of imidazole rings is 1. The zero-order valence-corrected chi connectivity index (χ0v) is 19.5. The number of ether oxygens (including phenoxy) is 2. The van der Waals surface area contributed by atoms with E-state index in [-0.39, 0.29) is 49.6 Å². The van der Waals surface area contributed by atoms with Crippen molar-refractivity contribution in [1.29, 1.82) is 0 Å². The number of alkyl halides is 3. The Hall–Kier alpha value is -3.57. The van der Waals surface area contributed by atoms with Gasteiger partial charge in [-0.2, -0.15) is 8.78 Å². The second-order valence-corrected chi connectivity index (χ2v) is 9.22. The molecule has 2 aromatic heterocycles. The Labute approximate surface area is 208 Å². The summed E-state index contributed by atoms with van der Waals surface area (Å²) in [7, 11) is 0. The van der Waals surface area contributed by atoms with Crippen molar-refractivity contribution in [2.75, 3.05) is 13.2 Å². The van der Waals surface area contributed by atoms with Crippen LogP contribution in [0.3, 0.4) is 0 Å². The van der Waals surface area contributed by atoms with Crippen LogP contribution in [-0.4, -0.2) is 44.5 Å². The molecular weight excluding hydrogens is 492 g/mol.